The summed E-state index contributed by atoms with van der Waals surface area (Å²) in [5.74, 6) is 0. The van der Waals surface area contributed by atoms with Crippen LogP contribution >= 0.6 is 11.3 Å². The van der Waals surface area contributed by atoms with E-state index in [0.29, 0.717) is 5.13 Å². The van der Waals surface area contributed by atoms with E-state index in [4.69, 9.17) is 0 Å². The minimum Gasteiger partial charge on any atom is -0.350 e. The van der Waals surface area contributed by atoms with Crippen molar-refractivity contribution in [3.8, 4) is 0 Å². The van der Waals surface area contributed by atoms with Crippen molar-refractivity contribution in [2.24, 2.45) is 0 Å². The monoisotopic (exact) mass is 333 g/mol. The summed E-state index contributed by atoms with van der Waals surface area (Å²) in [5.41, 5.74) is 1.99. The fourth-order valence-corrected chi connectivity index (χ4v) is 2.72. The highest BCUT2D eigenvalue weighted by atomic mass is 32.1. The van der Waals surface area contributed by atoms with E-state index in [-0.39, 0.29) is 6.03 Å². The Balaban J connectivity index is 1.88. The van der Waals surface area contributed by atoms with Crippen molar-refractivity contribution in [2.45, 2.75) is 33.1 Å². The van der Waals surface area contributed by atoms with Crippen molar-refractivity contribution >= 4 is 33.3 Å². The summed E-state index contributed by atoms with van der Waals surface area (Å²) in [6.45, 7) is 5.18. The van der Waals surface area contributed by atoms with Gasteiger partial charge in [0.25, 0.3) is 0 Å². The molecule has 0 fully saturated rings. The van der Waals surface area contributed by atoms with Gasteiger partial charge in [0.1, 0.15) is 0 Å². The Bertz CT molecular complexity index is 626. The van der Waals surface area contributed by atoms with Gasteiger partial charge < -0.3 is 10.2 Å². The molecule has 0 bridgehead atoms. The van der Waals surface area contributed by atoms with Crippen LogP contribution < -0.4 is 15.5 Å². The van der Waals surface area contributed by atoms with Gasteiger partial charge in [-0.2, -0.15) is 0 Å². The van der Waals surface area contributed by atoms with Crippen LogP contribution in [0.5, 0.6) is 0 Å². The van der Waals surface area contributed by atoms with E-state index >= 15 is 0 Å². The standard InChI is InChI=1S/C16H23N5OS/c1-4-6-11-21(3)16-20-19-15(23-16)18-14(22)17-13-9-7-12(5-2)8-10-13/h7-10H,4-6,11H2,1-3H3,(H2,17,18,19,22). The van der Waals surface area contributed by atoms with Crippen LogP contribution in [0, 0.1) is 0 Å². The topological polar surface area (TPSA) is 70.2 Å². The first-order valence-electron chi connectivity index (χ1n) is 7.84. The van der Waals surface area contributed by atoms with E-state index in [1.54, 1.807) is 0 Å². The van der Waals surface area contributed by atoms with Gasteiger partial charge in [-0.05, 0) is 30.5 Å². The second-order valence-corrected chi connectivity index (χ2v) is 6.25. The number of unbranched alkanes of at least 4 members (excludes halogenated alkanes) is 1. The molecular formula is C16H23N5OS. The third-order valence-electron chi connectivity index (χ3n) is 3.43. The molecule has 0 unspecified atom stereocenters. The highest BCUT2D eigenvalue weighted by Gasteiger charge is 2.11. The summed E-state index contributed by atoms with van der Waals surface area (Å²) in [6.07, 6.45) is 3.21. The van der Waals surface area contributed by atoms with Gasteiger partial charge in [0.15, 0.2) is 0 Å². The second-order valence-electron chi connectivity index (χ2n) is 5.29. The molecule has 2 rings (SSSR count). The van der Waals surface area contributed by atoms with Crippen LogP contribution in [0.15, 0.2) is 24.3 Å². The van der Waals surface area contributed by atoms with Crippen LogP contribution in [0.2, 0.25) is 0 Å². The number of nitrogens with one attached hydrogen (secondary N) is 2. The molecule has 0 atom stereocenters. The Morgan fingerprint density at radius 3 is 2.57 bits per heavy atom. The van der Waals surface area contributed by atoms with Crippen LogP contribution in [0.1, 0.15) is 32.3 Å². The van der Waals surface area contributed by atoms with E-state index in [1.807, 2.05) is 36.2 Å². The number of hydrogen-bond acceptors (Lipinski definition) is 5. The predicted molar refractivity (Wildman–Crippen MR) is 96.5 cm³/mol. The first-order chi connectivity index (χ1) is 11.1. The molecule has 0 aliphatic heterocycles. The molecule has 6 nitrogen and oxygen atoms in total. The Kier molecular flexibility index (Phi) is 6.34. The lowest BCUT2D eigenvalue weighted by Crippen LogP contribution is -2.19. The lowest BCUT2D eigenvalue weighted by atomic mass is 10.1. The molecule has 2 aromatic rings. The molecule has 124 valence electrons. The molecule has 7 heteroatoms. The summed E-state index contributed by atoms with van der Waals surface area (Å²) in [5, 5.41) is 14.9. The quantitative estimate of drug-likeness (QED) is 0.804. The number of carbonyl (C=O) groups excluding carboxylic acids is 1. The van der Waals surface area contributed by atoms with Crippen LogP contribution in [-0.2, 0) is 6.42 Å². The van der Waals surface area contributed by atoms with Gasteiger partial charge in [0.05, 0.1) is 0 Å². The third-order valence-corrected chi connectivity index (χ3v) is 4.38. The number of nitrogens with zero attached hydrogens (tertiary/aromatic N) is 3. The van der Waals surface area contributed by atoms with E-state index in [1.165, 1.54) is 16.9 Å². The van der Waals surface area contributed by atoms with Gasteiger partial charge in [-0.15, -0.1) is 10.2 Å². The van der Waals surface area contributed by atoms with Gasteiger partial charge in [0.2, 0.25) is 10.3 Å². The maximum absolute atomic E-state index is 12.0. The van der Waals surface area contributed by atoms with E-state index < -0.39 is 0 Å². The highest BCUT2D eigenvalue weighted by Crippen LogP contribution is 2.23. The number of amides is 2. The summed E-state index contributed by atoms with van der Waals surface area (Å²) in [7, 11) is 1.98. The van der Waals surface area contributed by atoms with Crippen molar-refractivity contribution in [1.82, 2.24) is 10.2 Å². The molecule has 2 amide bonds. The molecule has 0 spiro atoms. The molecule has 1 heterocycles. The average molecular weight is 333 g/mol. The average Bonchev–Trinajstić information content (AvgIpc) is 3.01. The van der Waals surface area contributed by atoms with Crippen molar-refractivity contribution in [2.75, 3.05) is 29.1 Å². The second kappa shape index (κ2) is 8.47. The Hall–Kier alpha value is -2.15. The third kappa shape index (κ3) is 5.21. The highest BCUT2D eigenvalue weighted by molar-refractivity contribution is 7.19. The lowest BCUT2D eigenvalue weighted by molar-refractivity contribution is 0.262. The van der Waals surface area contributed by atoms with Crippen LogP contribution in [-0.4, -0.2) is 29.8 Å². The molecule has 2 N–H and O–H groups in total. The number of carbonyl (C=O) groups is 1. The van der Waals surface area contributed by atoms with Crippen molar-refractivity contribution < 1.29 is 4.79 Å². The van der Waals surface area contributed by atoms with Crippen LogP contribution in [0.3, 0.4) is 0 Å². The molecule has 1 aromatic carbocycles. The zero-order valence-corrected chi connectivity index (χ0v) is 14.6. The summed E-state index contributed by atoms with van der Waals surface area (Å²) >= 11 is 1.37. The molecule has 0 aliphatic carbocycles. The first kappa shape index (κ1) is 17.2. The van der Waals surface area contributed by atoms with Crippen molar-refractivity contribution in [3.63, 3.8) is 0 Å². The first-order valence-corrected chi connectivity index (χ1v) is 8.65. The Labute approximate surface area is 140 Å². The molecule has 0 saturated carbocycles. The number of aromatic nitrogens is 2. The maximum Gasteiger partial charge on any atom is 0.325 e. The SMILES string of the molecule is CCCCN(C)c1nnc(NC(=O)Nc2ccc(CC)cc2)s1. The normalized spacial score (nSPS) is 10.4. The van der Waals surface area contributed by atoms with Gasteiger partial charge in [-0.3, -0.25) is 5.32 Å². The summed E-state index contributed by atoms with van der Waals surface area (Å²) < 4.78 is 0. The molecule has 0 radical (unpaired) electrons. The molecule has 23 heavy (non-hydrogen) atoms. The maximum atomic E-state index is 12.0. The van der Waals surface area contributed by atoms with Gasteiger partial charge in [0, 0.05) is 19.3 Å². The number of benzene rings is 1. The molecule has 0 saturated heterocycles. The Morgan fingerprint density at radius 1 is 1.17 bits per heavy atom. The number of hydrogen-bond donors (Lipinski definition) is 2. The number of rotatable bonds is 7. The van der Waals surface area contributed by atoms with Gasteiger partial charge >= 0.3 is 6.03 Å². The Morgan fingerprint density at radius 2 is 1.91 bits per heavy atom. The molecular weight excluding hydrogens is 310 g/mol. The van der Waals surface area contributed by atoms with E-state index in [0.717, 1.165) is 36.6 Å². The summed E-state index contributed by atoms with van der Waals surface area (Å²) in [6, 6.07) is 7.47. The number of aryl methyl sites for hydroxylation is 1. The number of urea groups is 1. The fourth-order valence-electron chi connectivity index (χ4n) is 1.99. The van der Waals surface area contributed by atoms with Crippen LogP contribution in [0.4, 0.5) is 20.7 Å². The smallest absolute Gasteiger partial charge is 0.325 e. The zero-order chi connectivity index (χ0) is 16.7. The predicted octanol–water partition coefficient (Wildman–Crippen LogP) is 3.98. The van der Waals surface area contributed by atoms with E-state index in [9.17, 15) is 4.79 Å². The van der Waals surface area contributed by atoms with Crippen molar-refractivity contribution in [1.29, 1.82) is 0 Å². The van der Waals surface area contributed by atoms with Gasteiger partial charge in [-0.25, -0.2) is 4.79 Å². The van der Waals surface area contributed by atoms with Crippen molar-refractivity contribution in [3.05, 3.63) is 29.8 Å². The number of anilines is 3. The van der Waals surface area contributed by atoms with E-state index in [2.05, 4.69) is 34.7 Å². The lowest BCUT2D eigenvalue weighted by Gasteiger charge is -2.13. The van der Waals surface area contributed by atoms with Gasteiger partial charge in [-0.1, -0.05) is 43.7 Å². The van der Waals surface area contributed by atoms with Crippen LogP contribution in [0.25, 0.3) is 0 Å². The minimum absolute atomic E-state index is 0.312. The minimum atomic E-state index is -0.312. The summed E-state index contributed by atoms with van der Waals surface area (Å²) in [4.78, 5) is 14.0. The molecule has 1 aromatic heterocycles. The fraction of sp³-hybridized carbons (Fsp3) is 0.438. The largest absolute Gasteiger partial charge is 0.350 e. The molecule has 0 aliphatic rings. The zero-order valence-electron chi connectivity index (χ0n) is 13.8.